The lowest BCUT2D eigenvalue weighted by Gasteiger charge is -2.32. The molecule has 0 saturated carbocycles. The van der Waals surface area contributed by atoms with Crippen LogP contribution >= 0.6 is 0 Å². The van der Waals surface area contributed by atoms with Crippen LogP contribution in [0.15, 0.2) is 10.5 Å². The molecule has 1 fully saturated rings. The molecule has 0 atom stereocenters. The van der Waals surface area contributed by atoms with Crippen molar-refractivity contribution in [3.63, 3.8) is 0 Å². The minimum Gasteiger partial charge on any atom is -0.466 e. The van der Waals surface area contributed by atoms with E-state index in [1.165, 1.54) is 5.56 Å². The fourth-order valence-electron chi connectivity index (χ4n) is 3.05. The van der Waals surface area contributed by atoms with Gasteiger partial charge in [-0.05, 0) is 72.5 Å². The number of piperidine rings is 1. The molecule has 5 heteroatoms. The van der Waals surface area contributed by atoms with Crippen molar-refractivity contribution in [1.29, 1.82) is 0 Å². The molecule has 0 spiro atoms. The highest BCUT2D eigenvalue weighted by molar-refractivity contribution is 5.74. The molecule has 1 aromatic rings. The van der Waals surface area contributed by atoms with Crippen molar-refractivity contribution in [2.24, 2.45) is 5.92 Å². The smallest absolute Gasteiger partial charge is 0.315 e. The highest BCUT2D eigenvalue weighted by atomic mass is 16.3. The Morgan fingerprint density at radius 1 is 1.30 bits per heavy atom. The van der Waals surface area contributed by atoms with Crippen molar-refractivity contribution in [2.75, 3.05) is 19.6 Å². The van der Waals surface area contributed by atoms with Crippen molar-refractivity contribution in [3.05, 3.63) is 23.2 Å². The van der Waals surface area contributed by atoms with Crippen molar-refractivity contribution >= 4 is 6.03 Å². The van der Waals surface area contributed by atoms with E-state index in [-0.39, 0.29) is 11.6 Å². The minimum absolute atomic E-state index is 0.0653. The van der Waals surface area contributed by atoms with Gasteiger partial charge in [-0.15, -0.1) is 0 Å². The Balaban J connectivity index is 1.70. The number of hydrogen-bond acceptors (Lipinski definition) is 3. The summed E-state index contributed by atoms with van der Waals surface area (Å²) in [5.41, 5.74) is 1.11. The van der Waals surface area contributed by atoms with Crippen LogP contribution in [-0.2, 0) is 6.54 Å². The molecule has 2 amide bonds. The van der Waals surface area contributed by atoms with Gasteiger partial charge < -0.3 is 15.1 Å². The lowest BCUT2D eigenvalue weighted by Crippen LogP contribution is -2.48. The van der Waals surface area contributed by atoms with Crippen molar-refractivity contribution in [3.8, 4) is 0 Å². The van der Waals surface area contributed by atoms with Gasteiger partial charge in [0, 0.05) is 24.2 Å². The maximum absolute atomic E-state index is 11.8. The maximum atomic E-state index is 11.8. The molecule has 0 unspecified atom stereocenters. The van der Waals surface area contributed by atoms with Crippen LogP contribution in [0.4, 0.5) is 4.79 Å². The first kappa shape index (κ1) is 17.9. The summed E-state index contributed by atoms with van der Waals surface area (Å²) < 4.78 is 5.60. The number of nitrogens with one attached hydrogen (secondary N) is 2. The third-order valence-electron chi connectivity index (χ3n) is 4.28. The SMILES string of the molecule is Cc1cc(CN2CCC(CNC(=O)NC(C)(C)C)CC2)c(C)o1. The number of likely N-dealkylation sites (tertiary alicyclic amines) is 1. The molecular formula is C18H31N3O2. The fourth-order valence-corrected chi connectivity index (χ4v) is 3.05. The number of amides is 2. The molecule has 0 bridgehead atoms. The van der Waals surface area contributed by atoms with Gasteiger partial charge in [0.1, 0.15) is 11.5 Å². The maximum Gasteiger partial charge on any atom is 0.315 e. The predicted molar refractivity (Wildman–Crippen MR) is 92.5 cm³/mol. The number of aryl methyl sites for hydroxylation is 2. The summed E-state index contributed by atoms with van der Waals surface area (Å²) in [4.78, 5) is 14.3. The Morgan fingerprint density at radius 2 is 1.96 bits per heavy atom. The summed E-state index contributed by atoms with van der Waals surface area (Å²) in [7, 11) is 0. The minimum atomic E-state index is -0.186. The number of carbonyl (C=O) groups is 1. The first-order valence-electron chi connectivity index (χ1n) is 8.57. The Bertz CT molecular complexity index is 523. The third kappa shape index (κ3) is 5.90. The van der Waals surface area contributed by atoms with Gasteiger partial charge >= 0.3 is 6.03 Å². The predicted octanol–water partition coefficient (Wildman–Crippen LogP) is 3.21. The lowest BCUT2D eigenvalue weighted by atomic mass is 9.96. The standard InChI is InChI=1S/C18H31N3O2/c1-13-10-16(14(2)23-13)12-21-8-6-15(7-9-21)11-19-17(22)20-18(3,4)5/h10,15H,6-9,11-12H2,1-5H3,(H2,19,20,22). The van der Waals surface area contributed by atoms with Gasteiger partial charge in [-0.3, -0.25) is 4.90 Å². The molecule has 2 heterocycles. The topological polar surface area (TPSA) is 57.5 Å². The molecule has 130 valence electrons. The normalized spacial score (nSPS) is 17.3. The summed E-state index contributed by atoms with van der Waals surface area (Å²) >= 11 is 0. The van der Waals surface area contributed by atoms with Crippen molar-refractivity contribution < 1.29 is 9.21 Å². The largest absolute Gasteiger partial charge is 0.466 e. The zero-order chi connectivity index (χ0) is 17.0. The molecule has 1 aliphatic heterocycles. The second-order valence-electron chi connectivity index (χ2n) is 7.74. The van der Waals surface area contributed by atoms with Crippen LogP contribution in [-0.4, -0.2) is 36.1 Å². The molecule has 2 rings (SSSR count). The summed E-state index contributed by atoms with van der Waals surface area (Å²) in [6.07, 6.45) is 2.26. The summed E-state index contributed by atoms with van der Waals surface area (Å²) in [5.74, 6) is 2.59. The molecule has 1 aliphatic rings. The summed E-state index contributed by atoms with van der Waals surface area (Å²) in [5, 5.41) is 5.94. The van der Waals surface area contributed by atoms with Gasteiger partial charge in [0.15, 0.2) is 0 Å². The van der Waals surface area contributed by atoms with Crippen molar-refractivity contribution in [2.45, 2.75) is 59.5 Å². The van der Waals surface area contributed by atoms with E-state index in [1.807, 2.05) is 34.6 Å². The van der Waals surface area contributed by atoms with Crippen LogP contribution in [0.25, 0.3) is 0 Å². The van der Waals surface area contributed by atoms with E-state index in [0.29, 0.717) is 5.92 Å². The molecular weight excluding hydrogens is 290 g/mol. The number of hydrogen-bond donors (Lipinski definition) is 2. The quantitative estimate of drug-likeness (QED) is 0.895. The number of furan rings is 1. The second kappa shape index (κ2) is 7.39. The monoisotopic (exact) mass is 321 g/mol. The van der Waals surface area contributed by atoms with Gasteiger partial charge in [-0.1, -0.05) is 0 Å². The lowest BCUT2D eigenvalue weighted by molar-refractivity contribution is 0.173. The summed E-state index contributed by atoms with van der Waals surface area (Å²) in [6, 6.07) is 2.07. The number of nitrogens with zero attached hydrogens (tertiary/aromatic N) is 1. The van der Waals surface area contributed by atoms with Crippen LogP contribution in [0.5, 0.6) is 0 Å². The molecule has 1 aromatic heterocycles. The van der Waals surface area contributed by atoms with Gasteiger partial charge in [-0.2, -0.15) is 0 Å². The molecule has 5 nitrogen and oxygen atoms in total. The number of rotatable bonds is 4. The molecule has 1 saturated heterocycles. The van der Waals surface area contributed by atoms with E-state index in [0.717, 1.165) is 50.5 Å². The molecule has 0 aliphatic carbocycles. The second-order valence-corrected chi connectivity index (χ2v) is 7.74. The highest BCUT2D eigenvalue weighted by Gasteiger charge is 2.21. The van der Waals surface area contributed by atoms with Crippen molar-refractivity contribution in [1.82, 2.24) is 15.5 Å². The van der Waals surface area contributed by atoms with Crippen LogP contribution in [0.3, 0.4) is 0 Å². The summed E-state index contributed by atoms with van der Waals surface area (Å²) in [6.45, 7) is 13.9. The van der Waals surface area contributed by atoms with Crippen LogP contribution in [0, 0.1) is 19.8 Å². The highest BCUT2D eigenvalue weighted by Crippen LogP contribution is 2.21. The number of carbonyl (C=O) groups excluding carboxylic acids is 1. The van der Waals surface area contributed by atoms with E-state index in [1.54, 1.807) is 0 Å². The van der Waals surface area contributed by atoms with Gasteiger partial charge in [-0.25, -0.2) is 4.79 Å². The van der Waals surface area contributed by atoms with E-state index >= 15 is 0 Å². The first-order chi connectivity index (χ1) is 10.7. The van der Waals surface area contributed by atoms with Crippen LogP contribution in [0.2, 0.25) is 0 Å². The third-order valence-corrected chi connectivity index (χ3v) is 4.28. The van der Waals surface area contributed by atoms with Crippen LogP contribution < -0.4 is 10.6 Å². The molecule has 0 aromatic carbocycles. The molecule has 23 heavy (non-hydrogen) atoms. The number of urea groups is 1. The average Bonchev–Trinajstić information content (AvgIpc) is 2.74. The Kier molecular flexibility index (Phi) is 5.74. The van der Waals surface area contributed by atoms with Crippen LogP contribution in [0.1, 0.15) is 50.7 Å². The zero-order valence-corrected chi connectivity index (χ0v) is 15.2. The Hall–Kier alpha value is -1.49. The Morgan fingerprint density at radius 3 is 2.48 bits per heavy atom. The molecule has 0 radical (unpaired) electrons. The van der Waals surface area contributed by atoms with Gasteiger partial charge in [0.2, 0.25) is 0 Å². The van der Waals surface area contributed by atoms with Gasteiger partial charge in [0.25, 0.3) is 0 Å². The zero-order valence-electron chi connectivity index (χ0n) is 15.2. The van der Waals surface area contributed by atoms with E-state index in [9.17, 15) is 4.79 Å². The first-order valence-corrected chi connectivity index (χ1v) is 8.57. The van der Waals surface area contributed by atoms with Gasteiger partial charge in [0.05, 0.1) is 0 Å². The fraction of sp³-hybridized carbons (Fsp3) is 0.722. The molecule has 2 N–H and O–H groups in total. The van der Waals surface area contributed by atoms with E-state index in [4.69, 9.17) is 4.42 Å². The van der Waals surface area contributed by atoms with E-state index in [2.05, 4.69) is 21.6 Å². The van der Waals surface area contributed by atoms with E-state index < -0.39 is 0 Å². The average molecular weight is 321 g/mol. The Labute approximate surface area is 139 Å².